The molecule has 10 nitrogen and oxygen atoms in total. The first-order chi connectivity index (χ1) is 14.6. The highest BCUT2D eigenvalue weighted by Gasteiger charge is 2.34. The van der Waals surface area contributed by atoms with Crippen LogP contribution in [0.5, 0.6) is 0 Å². The first-order valence-electron chi connectivity index (χ1n) is 9.84. The van der Waals surface area contributed by atoms with E-state index in [0.717, 1.165) is 0 Å². The molecule has 1 aliphatic rings. The number of aromatic nitrogens is 3. The first-order valence-corrected chi connectivity index (χ1v) is 9.84. The zero-order valence-corrected chi connectivity index (χ0v) is 17.6. The summed E-state index contributed by atoms with van der Waals surface area (Å²) >= 11 is 0. The van der Waals surface area contributed by atoms with Gasteiger partial charge in [-0.25, -0.2) is 19.2 Å². The fourth-order valence-electron chi connectivity index (χ4n) is 3.09. The maximum atomic E-state index is 14.9. The molecule has 3 rings (SSSR count). The summed E-state index contributed by atoms with van der Waals surface area (Å²) in [6, 6.07) is 0.936. The zero-order valence-electron chi connectivity index (χ0n) is 17.6. The van der Waals surface area contributed by atoms with Gasteiger partial charge in [0.1, 0.15) is 23.4 Å². The van der Waals surface area contributed by atoms with E-state index in [9.17, 15) is 14.0 Å². The number of halogens is 1. The lowest BCUT2D eigenvalue weighted by Gasteiger charge is -2.36. The smallest absolute Gasteiger partial charge is 0.410 e. The van der Waals surface area contributed by atoms with E-state index in [2.05, 4.69) is 25.6 Å². The molecule has 1 fully saturated rings. The molecular weight excluding hydrogens is 405 g/mol. The topological polar surface area (TPSA) is 135 Å². The second kappa shape index (κ2) is 9.11. The van der Waals surface area contributed by atoms with Gasteiger partial charge in [0.05, 0.1) is 30.0 Å². The molecule has 2 aromatic rings. The summed E-state index contributed by atoms with van der Waals surface area (Å²) in [5, 5.41) is 6.01. The third-order valence-corrected chi connectivity index (χ3v) is 4.52. The van der Waals surface area contributed by atoms with Gasteiger partial charge in [-0.2, -0.15) is 0 Å². The Morgan fingerprint density at radius 1 is 1.23 bits per heavy atom. The normalized spacial score (nSPS) is 18.9. The average Bonchev–Trinajstić information content (AvgIpc) is 2.69. The molecule has 31 heavy (non-hydrogen) atoms. The Labute approximate surface area is 179 Å². The van der Waals surface area contributed by atoms with Crippen LogP contribution >= 0.6 is 0 Å². The van der Waals surface area contributed by atoms with Gasteiger partial charge in [0.15, 0.2) is 0 Å². The van der Waals surface area contributed by atoms with Crippen molar-refractivity contribution in [3.05, 3.63) is 36.4 Å². The number of amides is 2. The summed E-state index contributed by atoms with van der Waals surface area (Å²) in [7, 11) is 0. The minimum absolute atomic E-state index is 0.117. The maximum absolute atomic E-state index is 14.9. The Kier molecular flexibility index (Phi) is 6.52. The van der Waals surface area contributed by atoms with Gasteiger partial charge >= 0.3 is 6.09 Å². The number of piperidine rings is 1. The number of ether oxygens (including phenoxy) is 1. The summed E-state index contributed by atoms with van der Waals surface area (Å²) < 4.78 is 20.2. The summed E-state index contributed by atoms with van der Waals surface area (Å²) in [4.78, 5) is 37.6. The minimum Gasteiger partial charge on any atom is -0.444 e. The molecule has 1 aliphatic heterocycles. The van der Waals surface area contributed by atoms with Crippen LogP contribution in [0.15, 0.2) is 30.9 Å². The quantitative estimate of drug-likeness (QED) is 0.657. The summed E-state index contributed by atoms with van der Waals surface area (Å²) in [6.45, 7) is 5.47. The Balaban J connectivity index is 1.71. The fourth-order valence-corrected chi connectivity index (χ4v) is 3.09. The van der Waals surface area contributed by atoms with Gasteiger partial charge in [0.2, 0.25) is 0 Å². The number of pyridine rings is 1. The molecule has 11 heteroatoms. The molecule has 0 aromatic carbocycles. The highest BCUT2D eigenvalue weighted by atomic mass is 19.1. The average molecular weight is 431 g/mol. The van der Waals surface area contributed by atoms with Crippen LogP contribution in [0.2, 0.25) is 0 Å². The SMILES string of the molecule is CC(C)(C)OC(=O)N1CC[C@@H](Nc2cc(Nc3cnccn3)ncc2C(N)=O)[C@@H](F)C1. The van der Waals surface area contributed by atoms with E-state index in [-0.39, 0.29) is 12.1 Å². The Bertz CT molecular complexity index is 936. The molecule has 2 atom stereocenters. The summed E-state index contributed by atoms with van der Waals surface area (Å²) in [5.41, 5.74) is 5.27. The second-order valence-corrected chi connectivity index (χ2v) is 8.18. The number of carbonyl (C=O) groups is 2. The van der Waals surface area contributed by atoms with Crippen LogP contribution in [-0.4, -0.2) is 62.8 Å². The molecule has 0 saturated carbocycles. The number of rotatable bonds is 5. The molecular formula is C20H26FN7O3. The molecule has 0 bridgehead atoms. The first kappa shape index (κ1) is 22.2. The Hall–Kier alpha value is -3.50. The molecule has 166 valence electrons. The largest absolute Gasteiger partial charge is 0.444 e. The molecule has 1 saturated heterocycles. The summed E-state index contributed by atoms with van der Waals surface area (Å²) in [5.74, 6) is 0.152. The van der Waals surface area contributed by atoms with E-state index in [0.29, 0.717) is 30.3 Å². The van der Waals surface area contributed by atoms with Crippen LogP contribution in [0.1, 0.15) is 37.6 Å². The van der Waals surface area contributed by atoms with Crippen LogP contribution in [0.4, 0.5) is 26.5 Å². The fraction of sp³-hybridized carbons (Fsp3) is 0.450. The van der Waals surface area contributed by atoms with Gasteiger partial charge in [0.25, 0.3) is 5.91 Å². The third kappa shape index (κ3) is 6.00. The van der Waals surface area contributed by atoms with Gasteiger partial charge < -0.3 is 26.0 Å². The number of nitrogens with two attached hydrogens (primary N) is 1. The Morgan fingerprint density at radius 3 is 2.61 bits per heavy atom. The van der Waals surface area contributed by atoms with Crippen molar-refractivity contribution in [1.29, 1.82) is 0 Å². The minimum atomic E-state index is -1.37. The van der Waals surface area contributed by atoms with Crippen LogP contribution in [0.3, 0.4) is 0 Å². The molecule has 2 amide bonds. The predicted molar refractivity (Wildman–Crippen MR) is 113 cm³/mol. The van der Waals surface area contributed by atoms with Gasteiger partial charge in [-0.3, -0.25) is 9.78 Å². The molecule has 3 heterocycles. The number of nitrogens with zero attached hydrogens (tertiary/aromatic N) is 4. The predicted octanol–water partition coefficient (Wildman–Crippen LogP) is 2.47. The number of primary amides is 1. The molecule has 4 N–H and O–H groups in total. The second-order valence-electron chi connectivity index (χ2n) is 8.18. The number of alkyl halides is 1. The number of hydrogen-bond acceptors (Lipinski definition) is 8. The van der Waals surface area contributed by atoms with Crippen LogP contribution in [0, 0.1) is 0 Å². The molecule has 0 unspecified atom stereocenters. The van der Waals surface area contributed by atoms with E-state index in [1.54, 1.807) is 26.8 Å². The number of hydrogen-bond donors (Lipinski definition) is 3. The van der Waals surface area contributed by atoms with Crippen LogP contribution in [0.25, 0.3) is 0 Å². The Morgan fingerprint density at radius 2 is 2.00 bits per heavy atom. The van der Waals surface area contributed by atoms with Crippen molar-refractivity contribution >= 4 is 29.3 Å². The molecule has 2 aromatic heterocycles. The van der Waals surface area contributed by atoms with Gasteiger partial charge in [-0.1, -0.05) is 0 Å². The van der Waals surface area contributed by atoms with E-state index in [4.69, 9.17) is 10.5 Å². The van der Waals surface area contributed by atoms with Crippen molar-refractivity contribution in [2.75, 3.05) is 23.7 Å². The van der Waals surface area contributed by atoms with E-state index < -0.39 is 29.8 Å². The summed E-state index contributed by atoms with van der Waals surface area (Å²) in [6.07, 6.45) is 4.29. The molecule has 0 aliphatic carbocycles. The monoisotopic (exact) mass is 431 g/mol. The maximum Gasteiger partial charge on any atom is 0.410 e. The lowest BCUT2D eigenvalue weighted by atomic mass is 10.0. The van der Waals surface area contributed by atoms with Crippen molar-refractivity contribution < 1.29 is 18.7 Å². The van der Waals surface area contributed by atoms with Crippen molar-refractivity contribution in [3.8, 4) is 0 Å². The molecule has 0 radical (unpaired) electrons. The van der Waals surface area contributed by atoms with E-state index in [1.165, 1.54) is 29.7 Å². The van der Waals surface area contributed by atoms with Gasteiger partial charge in [-0.15, -0.1) is 0 Å². The third-order valence-electron chi connectivity index (χ3n) is 4.52. The number of anilines is 3. The van der Waals surface area contributed by atoms with E-state index in [1.807, 2.05) is 0 Å². The highest BCUT2D eigenvalue weighted by Crippen LogP contribution is 2.25. The van der Waals surface area contributed by atoms with Crippen LogP contribution in [-0.2, 0) is 4.74 Å². The number of carbonyl (C=O) groups excluding carboxylic acids is 2. The lowest BCUT2D eigenvalue weighted by molar-refractivity contribution is 0.0125. The van der Waals surface area contributed by atoms with Crippen molar-refractivity contribution in [2.24, 2.45) is 5.73 Å². The standard InChI is InChI=1S/C20H26FN7O3/c1-20(2,3)31-19(30)28-7-4-14(13(21)11-28)26-15-8-16(25-9-12(15)18(22)29)27-17-10-23-5-6-24-17/h5-6,8-10,13-14H,4,7,11H2,1-3H3,(H2,22,29)(H2,24,25,26,27)/t13-,14+/m0/s1. The van der Waals surface area contributed by atoms with Gasteiger partial charge in [-0.05, 0) is 27.2 Å². The number of nitrogens with one attached hydrogen (secondary N) is 2. The molecule has 0 spiro atoms. The van der Waals surface area contributed by atoms with Crippen molar-refractivity contribution in [1.82, 2.24) is 19.9 Å². The van der Waals surface area contributed by atoms with Crippen molar-refractivity contribution in [3.63, 3.8) is 0 Å². The zero-order chi connectivity index (χ0) is 22.6. The number of likely N-dealkylation sites (tertiary alicyclic amines) is 1. The lowest BCUT2D eigenvalue weighted by Crippen LogP contribution is -2.51. The van der Waals surface area contributed by atoms with E-state index >= 15 is 0 Å². The highest BCUT2D eigenvalue weighted by molar-refractivity contribution is 5.98. The van der Waals surface area contributed by atoms with Crippen LogP contribution < -0.4 is 16.4 Å². The van der Waals surface area contributed by atoms with Crippen molar-refractivity contribution in [2.45, 2.75) is 45.0 Å². The van der Waals surface area contributed by atoms with Gasteiger partial charge in [0, 0.05) is 31.2 Å².